The van der Waals surface area contributed by atoms with Gasteiger partial charge in [0.15, 0.2) is 6.61 Å². The van der Waals surface area contributed by atoms with Crippen molar-refractivity contribution in [2.24, 2.45) is 5.92 Å². The first-order valence-corrected chi connectivity index (χ1v) is 6.15. The van der Waals surface area contributed by atoms with Gasteiger partial charge in [-0.05, 0) is 18.2 Å². The normalized spacial score (nSPS) is 21.9. The molecule has 2 N–H and O–H groups in total. The van der Waals surface area contributed by atoms with Crippen molar-refractivity contribution < 1.29 is 19.4 Å². The van der Waals surface area contributed by atoms with Crippen LogP contribution in [-0.2, 0) is 9.59 Å². The van der Waals surface area contributed by atoms with E-state index < -0.39 is 0 Å². The quantitative estimate of drug-likeness (QED) is 0.806. The molecule has 2 aliphatic rings. The van der Waals surface area contributed by atoms with E-state index in [-0.39, 0.29) is 30.9 Å². The standard InChI is InChI=1S/C13H14N2O4/c16-6-8-3-13(18)15(5-8)9-1-2-11-10(4-9)14-12(17)7-19-11/h1-2,4,8,16H,3,5-7H2,(H,14,17)/t8-/m0/s1. The van der Waals surface area contributed by atoms with E-state index in [2.05, 4.69) is 5.32 Å². The zero-order valence-electron chi connectivity index (χ0n) is 10.3. The van der Waals surface area contributed by atoms with Gasteiger partial charge < -0.3 is 20.1 Å². The highest BCUT2D eigenvalue weighted by Crippen LogP contribution is 2.34. The molecule has 3 rings (SSSR count). The highest BCUT2D eigenvalue weighted by Gasteiger charge is 2.30. The zero-order chi connectivity index (χ0) is 13.4. The number of aliphatic hydroxyl groups excluding tert-OH is 1. The molecule has 0 radical (unpaired) electrons. The number of anilines is 2. The van der Waals surface area contributed by atoms with Crippen LogP contribution in [0.1, 0.15) is 6.42 Å². The summed E-state index contributed by atoms with van der Waals surface area (Å²) in [7, 11) is 0. The summed E-state index contributed by atoms with van der Waals surface area (Å²) in [6.07, 6.45) is 0.358. The lowest BCUT2D eigenvalue weighted by Gasteiger charge is -2.22. The Bertz CT molecular complexity index is 543. The zero-order valence-corrected chi connectivity index (χ0v) is 10.3. The minimum atomic E-state index is -0.203. The van der Waals surface area contributed by atoms with Gasteiger partial charge in [0, 0.05) is 31.2 Å². The molecule has 6 heteroatoms. The van der Waals surface area contributed by atoms with Crippen molar-refractivity contribution in [1.82, 2.24) is 0 Å². The fourth-order valence-electron chi connectivity index (χ4n) is 2.39. The summed E-state index contributed by atoms with van der Waals surface area (Å²) in [4.78, 5) is 24.8. The molecule has 6 nitrogen and oxygen atoms in total. The van der Waals surface area contributed by atoms with Crippen LogP contribution in [0, 0.1) is 5.92 Å². The molecule has 1 aromatic carbocycles. The van der Waals surface area contributed by atoms with Crippen LogP contribution in [0.4, 0.5) is 11.4 Å². The first kappa shape index (κ1) is 12.0. The number of benzene rings is 1. The third-order valence-electron chi connectivity index (χ3n) is 3.37. The molecule has 19 heavy (non-hydrogen) atoms. The van der Waals surface area contributed by atoms with Crippen molar-refractivity contribution in [3.05, 3.63) is 18.2 Å². The Morgan fingerprint density at radius 2 is 2.26 bits per heavy atom. The highest BCUT2D eigenvalue weighted by molar-refractivity contribution is 5.99. The molecule has 0 unspecified atom stereocenters. The molecular weight excluding hydrogens is 248 g/mol. The van der Waals surface area contributed by atoms with Crippen LogP contribution in [0.25, 0.3) is 0 Å². The Hall–Kier alpha value is -2.08. The Morgan fingerprint density at radius 1 is 1.42 bits per heavy atom. The predicted octanol–water partition coefficient (Wildman–Crippen LogP) is 0.363. The molecular formula is C13H14N2O4. The van der Waals surface area contributed by atoms with Crippen molar-refractivity contribution in [3.63, 3.8) is 0 Å². The molecule has 2 aliphatic heterocycles. The maximum Gasteiger partial charge on any atom is 0.262 e. The van der Waals surface area contributed by atoms with Gasteiger partial charge in [0.2, 0.25) is 5.91 Å². The van der Waals surface area contributed by atoms with Crippen LogP contribution in [-0.4, -0.2) is 36.7 Å². The van der Waals surface area contributed by atoms with Gasteiger partial charge in [-0.2, -0.15) is 0 Å². The lowest BCUT2D eigenvalue weighted by atomic mass is 10.1. The fourth-order valence-corrected chi connectivity index (χ4v) is 2.39. The second-order valence-corrected chi connectivity index (χ2v) is 4.77. The average molecular weight is 262 g/mol. The van der Waals surface area contributed by atoms with E-state index in [1.54, 1.807) is 23.1 Å². The topological polar surface area (TPSA) is 78.9 Å². The molecule has 0 saturated carbocycles. The van der Waals surface area contributed by atoms with Crippen molar-refractivity contribution in [1.29, 1.82) is 0 Å². The number of carbonyl (C=O) groups is 2. The minimum Gasteiger partial charge on any atom is -0.482 e. The highest BCUT2D eigenvalue weighted by atomic mass is 16.5. The number of hydrogen-bond donors (Lipinski definition) is 2. The summed E-state index contributed by atoms with van der Waals surface area (Å²) in [6, 6.07) is 5.25. The van der Waals surface area contributed by atoms with E-state index in [4.69, 9.17) is 9.84 Å². The minimum absolute atomic E-state index is 0.00697. The van der Waals surface area contributed by atoms with Gasteiger partial charge in [-0.25, -0.2) is 0 Å². The molecule has 0 aromatic heterocycles. The van der Waals surface area contributed by atoms with E-state index in [9.17, 15) is 9.59 Å². The van der Waals surface area contributed by atoms with Crippen LogP contribution in [0.3, 0.4) is 0 Å². The number of rotatable bonds is 2. The summed E-state index contributed by atoms with van der Waals surface area (Å²) in [5, 5.41) is 11.8. The average Bonchev–Trinajstić information content (AvgIpc) is 2.79. The summed E-state index contributed by atoms with van der Waals surface area (Å²) in [5.41, 5.74) is 1.29. The molecule has 1 aromatic rings. The van der Waals surface area contributed by atoms with Crippen molar-refractivity contribution >= 4 is 23.2 Å². The molecule has 1 fully saturated rings. The lowest BCUT2D eigenvalue weighted by molar-refractivity contribution is -0.118. The van der Waals surface area contributed by atoms with E-state index in [0.29, 0.717) is 30.1 Å². The number of nitrogens with zero attached hydrogens (tertiary/aromatic N) is 1. The predicted molar refractivity (Wildman–Crippen MR) is 68.1 cm³/mol. The number of hydrogen-bond acceptors (Lipinski definition) is 4. The third-order valence-corrected chi connectivity index (χ3v) is 3.37. The van der Waals surface area contributed by atoms with Crippen LogP contribution >= 0.6 is 0 Å². The number of ether oxygens (including phenoxy) is 1. The largest absolute Gasteiger partial charge is 0.482 e. The van der Waals surface area contributed by atoms with Gasteiger partial charge in [-0.15, -0.1) is 0 Å². The van der Waals surface area contributed by atoms with E-state index >= 15 is 0 Å². The molecule has 1 atom stereocenters. The summed E-state index contributed by atoms with van der Waals surface area (Å²) < 4.78 is 5.27. The van der Waals surface area contributed by atoms with Crippen LogP contribution < -0.4 is 15.0 Å². The summed E-state index contributed by atoms with van der Waals surface area (Å²) in [5.74, 6) is 0.371. The van der Waals surface area contributed by atoms with Gasteiger partial charge in [0.25, 0.3) is 5.91 Å². The molecule has 0 bridgehead atoms. The first-order valence-electron chi connectivity index (χ1n) is 6.15. The molecule has 100 valence electrons. The lowest BCUT2D eigenvalue weighted by Crippen LogP contribution is -2.27. The number of carbonyl (C=O) groups excluding carboxylic acids is 2. The monoisotopic (exact) mass is 262 g/mol. The van der Waals surface area contributed by atoms with E-state index in [1.165, 1.54) is 0 Å². The molecule has 1 saturated heterocycles. The van der Waals surface area contributed by atoms with Crippen LogP contribution in [0.2, 0.25) is 0 Å². The van der Waals surface area contributed by atoms with Crippen LogP contribution in [0.15, 0.2) is 18.2 Å². The molecule has 0 aliphatic carbocycles. The molecule has 2 heterocycles. The number of aliphatic hydroxyl groups is 1. The Balaban J connectivity index is 1.88. The maximum absolute atomic E-state index is 11.9. The SMILES string of the molecule is O=C1COc2ccc(N3C[C@@H](CO)CC3=O)cc2N1. The second kappa shape index (κ2) is 4.55. The van der Waals surface area contributed by atoms with Gasteiger partial charge in [0.05, 0.1) is 5.69 Å². The van der Waals surface area contributed by atoms with Gasteiger partial charge in [-0.1, -0.05) is 0 Å². The van der Waals surface area contributed by atoms with Crippen molar-refractivity contribution in [3.8, 4) is 5.75 Å². The van der Waals surface area contributed by atoms with Gasteiger partial charge in [-0.3, -0.25) is 9.59 Å². The second-order valence-electron chi connectivity index (χ2n) is 4.77. The van der Waals surface area contributed by atoms with Crippen molar-refractivity contribution in [2.45, 2.75) is 6.42 Å². The van der Waals surface area contributed by atoms with Gasteiger partial charge in [0.1, 0.15) is 5.75 Å². The Morgan fingerprint density at radius 3 is 3.00 bits per heavy atom. The summed E-state index contributed by atoms with van der Waals surface area (Å²) >= 11 is 0. The van der Waals surface area contributed by atoms with Crippen LogP contribution in [0.5, 0.6) is 5.75 Å². The Labute approximate surface area is 110 Å². The van der Waals surface area contributed by atoms with E-state index in [0.717, 1.165) is 0 Å². The third kappa shape index (κ3) is 2.15. The fraction of sp³-hybridized carbons (Fsp3) is 0.385. The van der Waals surface area contributed by atoms with Crippen molar-refractivity contribution in [2.75, 3.05) is 30.0 Å². The molecule has 2 amide bonds. The number of fused-ring (bicyclic) bond motifs is 1. The Kier molecular flexibility index (Phi) is 2.87. The smallest absolute Gasteiger partial charge is 0.262 e. The first-order chi connectivity index (χ1) is 9.17. The van der Waals surface area contributed by atoms with E-state index in [1.807, 2.05) is 0 Å². The molecule has 0 spiro atoms. The number of nitrogens with one attached hydrogen (secondary N) is 1. The maximum atomic E-state index is 11.9. The summed E-state index contributed by atoms with van der Waals surface area (Å²) in [6.45, 7) is 0.525. The van der Waals surface area contributed by atoms with Gasteiger partial charge >= 0.3 is 0 Å². The number of amides is 2.